The molecule has 0 saturated heterocycles. The summed E-state index contributed by atoms with van der Waals surface area (Å²) in [7, 11) is -2.90. The third kappa shape index (κ3) is 10.5. The third-order valence-electron chi connectivity index (χ3n) is 6.37. The summed E-state index contributed by atoms with van der Waals surface area (Å²) in [5.74, 6) is -2.18. The van der Waals surface area contributed by atoms with E-state index in [0.29, 0.717) is 17.1 Å². The van der Waals surface area contributed by atoms with Crippen LogP contribution in [0, 0.1) is 6.92 Å². The van der Waals surface area contributed by atoms with Gasteiger partial charge in [-0.15, -0.1) is 0 Å². The lowest BCUT2D eigenvalue weighted by Crippen LogP contribution is -2.33. The third-order valence-corrected chi connectivity index (χ3v) is 9.48. The van der Waals surface area contributed by atoms with Crippen molar-refractivity contribution in [3.8, 4) is 22.6 Å². The Bertz CT molecular complexity index is 1270. The highest BCUT2D eigenvalue weighted by Crippen LogP contribution is 2.54. The Labute approximate surface area is 257 Å². The van der Waals surface area contributed by atoms with E-state index in [2.05, 4.69) is 13.5 Å². The van der Waals surface area contributed by atoms with Crippen molar-refractivity contribution < 1.29 is 45.7 Å². The lowest BCUT2D eigenvalue weighted by molar-refractivity contribution is -0.103. The molecule has 0 saturated carbocycles. The molecular formula is C31H48O10P2. The van der Waals surface area contributed by atoms with E-state index in [9.17, 15) is 9.13 Å². The van der Waals surface area contributed by atoms with Gasteiger partial charge in [-0.2, -0.15) is 0 Å². The summed E-state index contributed by atoms with van der Waals surface area (Å²) >= 11 is 0. The molecule has 0 unspecified atom stereocenters. The maximum atomic E-state index is 12.9. The number of unbranched alkanes of at least 4 members (excludes halogenated alkanes) is 2. The molecule has 0 spiro atoms. The zero-order valence-corrected chi connectivity index (χ0v) is 29.2. The van der Waals surface area contributed by atoms with E-state index < -0.39 is 27.2 Å². The molecule has 242 valence electrons. The van der Waals surface area contributed by atoms with Gasteiger partial charge in [0.1, 0.15) is 11.5 Å². The topological polar surface area (TPSA) is 108 Å². The predicted molar refractivity (Wildman–Crippen MR) is 169 cm³/mol. The second-order valence-electron chi connectivity index (χ2n) is 11.1. The summed E-state index contributed by atoms with van der Waals surface area (Å²) in [5.41, 5.74) is 4.91. The maximum absolute atomic E-state index is 12.9. The van der Waals surface area contributed by atoms with E-state index in [0.717, 1.165) is 53.5 Å². The SMILES string of the molecule is C=C(C)c1ccc(C)cc1-c1c(OC(C)(C)OP(=O)(OC)OC)cc(CCCCC)cc1OC(C)(C)OP(=O)(OC)OC. The zero-order chi connectivity index (χ0) is 32.6. The fraction of sp³-hybridized carbons (Fsp3) is 0.548. The monoisotopic (exact) mass is 642 g/mol. The highest BCUT2D eigenvalue weighted by atomic mass is 31.2. The average molecular weight is 643 g/mol. The van der Waals surface area contributed by atoms with Crippen molar-refractivity contribution in [2.75, 3.05) is 28.4 Å². The van der Waals surface area contributed by atoms with E-state index in [-0.39, 0.29) is 0 Å². The van der Waals surface area contributed by atoms with Crippen molar-refractivity contribution in [3.05, 3.63) is 53.6 Å². The van der Waals surface area contributed by atoms with Crippen LogP contribution in [0.1, 0.15) is 77.5 Å². The van der Waals surface area contributed by atoms with Crippen molar-refractivity contribution in [1.29, 1.82) is 0 Å². The van der Waals surface area contributed by atoms with Gasteiger partial charge in [0.2, 0.25) is 11.6 Å². The van der Waals surface area contributed by atoms with E-state index in [1.807, 2.05) is 44.2 Å². The van der Waals surface area contributed by atoms with Crippen LogP contribution in [0.4, 0.5) is 0 Å². The number of hydrogen-bond donors (Lipinski definition) is 0. The molecule has 0 atom stereocenters. The number of aryl methyl sites for hydroxylation is 2. The van der Waals surface area contributed by atoms with Gasteiger partial charge in [0.15, 0.2) is 0 Å². The van der Waals surface area contributed by atoms with Crippen molar-refractivity contribution in [3.63, 3.8) is 0 Å². The Balaban J connectivity index is 2.90. The van der Waals surface area contributed by atoms with Crippen LogP contribution in [0.3, 0.4) is 0 Å². The van der Waals surface area contributed by atoms with Crippen molar-refractivity contribution in [2.24, 2.45) is 0 Å². The van der Waals surface area contributed by atoms with Crippen LogP contribution in [-0.4, -0.2) is 40.0 Å². The molecule has 0 heterocycles. The molecule has 0 aliphatic carbocycles. The Morgan fingerprint density at radius 2 is 1.26 bits per heavy atom. The van der Waals surface area contributed by atoms with Crippen molar-refractivity contribution in [2.45, 2.75) is 85.7 Å². The quantitative estimate of drug-likeness (QED) is 0.0886. The smallest absolute Gasteiger partial charge is 0.462 e. The first kappa shape index (κ1) is 37.2. The first-order valence-corrected chi connectivity index (χ1v) is 17.0. The van der Waals surface area contributed by atoms with Crippen LogP contribution in [0.5, 0.6) is 11.5 Å². The molecule has 0 amide bonds. The van der Waals surface area contributed by atoms with Crippen LogP contribution < -0.4 is 9.47 Å². The summed E-state index contributed by atoms with van der Waals surface area (Å²) in [6.07, 6.45) is 3.74. The maximum Gasteiger partial charge on any atom is 0.477 e. The van der Waals surface area contributed by atoms with Crippen molar-refractivity contribution in [1.82, 2.24) is 0 Å². The summed E-state index contributed by atoms with van der Waals surface area (Å²) in [6, 6.07) is 9.81. The molecule has 2 aromatic rings. The fourth-order valence-electron chi connectivity index (χ4n) is 4.43. The van der Waals surface area contributed by atoms with E-state index in [1.165, 1.54) is 28.4 Å². The number of hydrogen-bond acceptors (Lipinski definition) is 10. The van der Waals surface area contributed by atoms with Crippen LogP contribution >= 0.6 is 15.6 Å². The minimum absolute atomic E-state index is 0.387. The van der Waals surface area contributed by atoms with E-state index in [1.54, 1.807) is 27.7 Å². The first-order valence-electron chi connectivity index (χ1n) is 14.1. The van der Waals surface area contributed by atoms with Crippen molar-refractivity contribution >= 4 is 21.2 Å². The number of allylic oxidation sites excluding steroid dienone is 1. The van der Waals surface area contributed by atoms with Gasteiger partial charge in [-0.05, 0) is 55.5 Å². The van der Waals surface area contributed by atoms with Gasteiger partial charge >= 0.3 is 15.6 Å². The summed E-state index contributed by atoms with van der Waals surface area (Å²) in [4.78, 5) is 0. The second-order valence-corrected chi connectivity index (χ2v) is 14.7. The predicted octanol–water partition coefficient (Wildman–Crippen LogP) is 9.49. The molecule has 10 nitrogen and oxygen atoms in total. The van der Waals surface area contributed by atoms with Gasteiger partial charge in [-0.3, -0.25) is 18.1 Å². The van der Waals surface area contributed by atoms with Gasteiger partial charge in [0, 0.05) is 56.1 Å². The molecular weight excluding hydrogens is 594 g/mol. The molecule has 0 N–H and O–H groups in total. The number of ether oxygens (including phenoxy) is 2. The van der Waals surface area contributed by atoms with Gasteiger partial charge in [0.05, 0.1) is 5.56 Å². The molecule has 2 rings (SSSR count). The summed E-state index contributed by atoms with van der Waals surface area (Å²) < 4.78 is 70.4. The van der Waals surface area contributed by atoms with Gasteiger partial charge in [0.25, 0.3) is 0 Å². The standard InChI is InChI=1S/C31H48O10P2/c1-13-14-15-16-24-20-27(38-30(5,6)40-42(32,34-9)35-10)29(26-19-23(4)17-18-25(26)22(2)3)28(21-24)39-31(7,8)41-43(33,36-11)37-12/h17-21H,2,13-16H2,1,3-12H3. The zero-order valence-electron chi connectivity index (χ0n) is 27.4. The normalized spacial score (nSPS) is 12.8. The number of rotatable bonds is 18. The largest absolute Gasteiger partial charge is 0.477 e. The van der Waals surface area contributed by atoms with Crippen LogP contribution in [0.15, 0.2) is 36.9 Å². The molecule has 43 heavy (non-hydrogen) atoms. The highest BCUT2D eigenvalue weighted by Gasteiger charge is 2.38. The Kier molecular flexibility index (Phi) is 13.3. The lowest BCUT2D eigenvalue weighted by Gasteiger charge is -2.33. The summed E-state index contributed by atoms with van der Waals surface area (Å²) in [6.45, 7) is 16.7. The molecule has 12 heteroatoms. The lowest BCUT2D eigenvalue weighted by atomic mass is 9.91. The Morgan fingerprint density at radius 1 is 0.791 bits per heavy atom. The van der Waals surface area contributed by atoms with Crippen LogP contribution in [-0.2, 0) is 42.7 Å². The minimum Gasteiger partial charge on any atom is -0.462 e. The number of phosphoric ester groups is 2. The van der Waals surface area contributed by atoms with Gasteiger partial charge < -0.3 is 9.47 Å². The highest BCUT2D eigenvalue weighted by molar-refractivity contribution is 7.48. The molecule has 0 aliphatic heterocycles. The Morgan fingerprint density at radius 3 is 1.65 bits per heavy atom. The van der Waals surface area contributed by atoms with Gasteiger partial charge in [-0.25, -0.2) is 18.2 Å². The van der Waals surface area contributed by atoms with Crippen LogP contribution in [0.25, 0.3) is 16.7 Å². The molecule has 0 aliphatic rings. The second kappa shape index (κ2) is 15.3. The Hall–Kier alpha value is -2.00. The fourth-order valence-corrected chi connectivity index (χ4v) is 6.18. The molecule has 2 aromatic carbocycles. The summed E-state index contributed by atoms with van der Waals surface area (Å²) in [5, 5.41) is 0. The first-order chi connectivity index (χ1) is 20.0. The molecule has 0 bridgehead atoms. The van der Waals surface area contributed by atoms with Crippen LogP contribution in [0.2, 0.25) is 0 Å². The van der Waals surface area contributed by atoms with Gasteiger partial charge in [-0.1, -0.05) is 55.7 Å². The van der Waals surface area contributed by atoms with E-state index in [4.69, 9.17) is 36.6 Å². The average Bonchev–Trinajstić information content (AvgIpc) is 2.91. The number of phosphoric acid groups is 2. The minimum atomic E-state index is -3.92. The molecule has 0 aromatic heterocycles. The molecule has 0 radical (unpaired) electrons. The van der Waals surface area contributed by atoms with E-state index >= 15 is 0 Å². The molecule has 0 fully saturated rings. The number of benzene rings is 2.